The smallest absolute Gasteiger partial charge is 0.253 e. The van der Waals surface area contributed by atoms with Crippen LogP contribution < -0.4 is 9.47 Å². The van der Waals surface area contributed by atoms with E-state index in [9.17, 15) is 4.79 Å². The van der Waals surface area contributed by atoms with Crippen LogP contribution in [-0.2, 0) is 0 Å². The standard InChI is InChI=1S/C13H16ClNO3/c1-9(14)8-15(2)13(16)10-3-4-11-12(7-10)18-6-5-17-11/h3-4,7,9H,5-6,8H2,1-2H3. The molecule has 1 aliphatic rings. The normalized spacial score (nSPS) is 15.1. The van der Waals surface area contributed by atoms with Crippen molar-refractivity contribution in [2.24, 2.45) is 0 Å². The molecule has 1 aromatic carbocycles. The van der Waals surface area contributed by atoms with Gasteiger partial charge in [-0.15, -0.1) is 11.6 Å². The van der Waals surface area contributed by atoms with Crippen LogP contribution in [0.4, 0.5) is 0 Å². The summed E-state index contributed by atoms with van der Waals surface area (Å²) in [6.07, 6.45) is 0. The summed E-state index contributed by atoms with van der Waals surface area (Å²) < 4.78 is 10.9. The summed E-state index contributed by atoms with van der Waals surface area (Å²) in [6.45, 7) is 3.42. The largest absolute Gasteiger partial charge is 0.486 e. The number of carbonyl (C=O) groups is 1. The van der Waals surface area contributed by atoms with Crippen molar-refractivity contribution in [3.05, 3.63) is 23.8 Å². The Hall–Kier alpha value is -1.42. The Morgan fingerprint density at radius 3 is 2.72 bits per heavy atom. The van der Waals surface area contributed by atoms with Crippen LogP contribution in [0.3, 0.4) is 0 Å². The molecule has 0 radical (unpaired) electrons. The van der Waals surface area contributed by atoms with E-state index in [-0.39, 0.29) is 11.3 Å². The van der Waals surface area contributed by atoms with E-state index in [1.807, 2.05) is 6.92 Å². The highest BCUT2D eigenvalue weighted by molar-refractivity contribution is 6.20. The molecule has 1 aromatic rings. The molecular weight excluding hydrogens is 254 g/mol. The fourth-order valence-electron chi connectivity index (χ4n) is 1.86. The SMILES string of the molecule is CC(Cl)CN(C)C(=O)c1ccc2c(c1)OCCO2. The van der Waals surface area contributed by atoms with Gasteiger partial charge in [-0.1, -0.05) is 0 Å². The Morgan fingerprint density at radius 2 is 2.06 bits per heavy atom. The van der Waals surface area contributed by atoms with Gasteiger partial charge in [-0.25, -0.2) is 0 Å². The summed E-state index contributed by atoms with van der Waals surface area (Å²) in [5.41, 5.74) is 0.582. The van der Waals surface area contributed by atoms with Gasteiger partial charge in [0.2, 0.25) is 0 Å². The maximum Gasteiger partial charge on any atom is 0.253 e. The molecule has 1 unspecified atom stereocenters. The number of halogens is 1. The average Bonchev–Trinajstić information content (AvgIpc) is 2.36. The molecule has 1 heterocycles. The maximum atomic E-state index is 12.1. The molecule has 0 aliphatic carbocycles. The van der Waals surface area contributed by atoms with Crippen LogP contribution in [-0.4, -0.2) is 43.0 Å². The van der Waals surface area contributed by atoms with Gasteiger partial charge in [0.05, 0.1) is 0 Å². The molecule has 1 aliphatic heterocycles. The van der Waals surface area contributed by atoms with E-state index in [4.69, 9.17) is 21.1 Å². The molecule has 0 aromatic heterocycles. The Labute approximate surface area is 111 Å². The van der Waals surface area contributed by atoms with Crippen molar-refractivity contribution in [1.29, 1.82) is 0 Å². The van der Waals surface area contributed by atoms with Crippen LogP contribution >= 0.6 is 11.6 Å². The van der Waals surface area contributed by atoms with Crippen LogP contribution in [0, 0.1) is 0 Å². The lowest BCUT2D eigenvalue weighted by molar-refractivity contribution is 0.0795. The molecule has 5 heteroatoms. The number of alkyl halides is 1. The van der Waals surface area contributed by atoms with E-state index < -0.39 is 0 Å². The van der Waals surface area contributed by atoms with E-state index in [0.29, 0.717) is 36.8 Å². The fraction of sp³-hybridized carbons (Fsp3) is 0.462. The lowest BCUT2D eigenvalue weighted by Gasteiger charge is -2.21. The number of carbonyl (C=O) groups excluding carboxylic acids is 1. The van der Waals surface area contributed by atoms with Crippen molar-refractivity contribution in [2.45, 2.75) is 12.3 Å². The third kappa shape index (κ3) is 2.88. The monoisotopic (exact) mass is 269 g/mol. The highest BCUT2D eigenvalue weighted by Gasteiger charge is 2.18. The number of nitrogens with zero attached hydrogens (tertiary/aromatic N) is 1. The van der Waals surface area contributed by atoms with Gasteiger partial charge in [0.25, 0.3) is 5.91 Å². The predicted octanol–water partition coefficient (Wildman–Crippen LogP) is 2.16. The van der Waals surface area contributed by atoms with Crippen molar-refractivity contribution in [2.75, 3.05) is 26.8 Å². The summed E-state index contributed by atoms with van der Waals surface area (Å²) >= 11 is 5.88. The first kappa shape index (κ1) is 13.0. The topological polar surface area (TPSA) is 38.8 Å². The van der Waals surface area contributed by atoms with Crippen LogP contribution in [0.1, 0.15) is 17.3 Å². The fourth-order valence-corrected chi connectivity index (χ4v) is 2.06. The average molecular weight is 270 g/mol. The minimum atomic E-state index is -0.0730. The highest BCUT2D eigenvalue weighted by Crippen LogP contribution is 2.31. The van der Waals surface area contributed by atoms with Crippen molar-refractivity contribution < 1.29 is 14.3 Å². The molecule has 0 saturated carbocycles. The van der Waals surface area contributed by atoms with Crippen LogP contribution in [0.25, 0.3) is 0 Å². The highest BCUT2D eigenvalue weighted by atomic mass is 35.5. The Kier molecular flexibility index (Phi) is 3.97. The molecule has 2 rings (SSSR count). The van der Waals surface area contributed by atoms with E-state index >= 15 is 0 Å². The molecular formula is C13H16ClNO3. The van der Waals surface area contributed by atoms with Gasteiger partial charge in [0, 0.05) is 24.5 Å². The number of fused-ring (bicyclic) bond motifs is 1. The van der Waals surface area contributed by atoms with Crippen molar-refractivity contribution in [1.82, 2.24) is 4.90 Å². The molecule has 0 N–H and O–H groups in total. The summed E-state index contributed by atoms with van der Waals surface area (Å²) in [5.74, 6) is 1.24. The van der Waals surface area contributed by atoms with Crippen LogP contribution in [0.2, 0.25) is 0 Å². The minimum Gasteiger partial charge on any atom is -0.486 e. The lowest BCUT2D eigenvalue weighted by atomic mass is 10.1. The van der Waals surface area contributed by atoms with Crippen LogP contribution in [0.5, 0.6) is 11.5 Å². The van der Waals surface area contributed by atoms with Crippen molar-refractivity contribution >= 4 is 17.5 Å². The summed E-state index contributed by atoms with van der Waals surface area (Å²) in [7, 11) is 1.73. The number of hydrogen-bond donors (Lipinski definition) is 0. The molecule has 0 bridgehead atoms. The molecule has 0 saturated heterocycles. The van der Waals surface area contributed by atoms with Gasteiger partial charge < -0.3 is 14.4 Å². The zero-order valence-corrected chi connectivity index (χ0v) is 11.2. The second-order valence-corrected chi connectivity index (χ2v) is 5.07. The molecule has 1 amide bonds. The number of benzene rings is 1. The lowest BCUT2D eigenvalue weighted by Crippen LogP contribution is -2.31. The van der Waals surface area contributed by atoms with Crippen LogP contribution in [0.15, 0.2) is 18.2 Å². The van der Waals surface area contributed by atoms with E-state index in [2.05, 4.69) is 0 Å². The van der Waals surface area contributed by atoms with Gasteiger partial charge in [0.1, 0.15) is 13.2 Å². The number of ether oxygens (including phenoxy) is 2. The van der Waals surface area contributed by atoms with Gasteiger partial charge in [-0.05, 0) is 25.1 Å². The maximum absolute atomic E-state index is 12.1. The summed E-state index contributed by atoms with van der Waals surface area (Å²) in [5, 5.41) is -0.0730. The van der Waals surface area contributed by atoms with Crippen molar-refractivity contribution in [3.8, 4) is 11.5 Å². The summed E-state index contributed by atoms with van der Waals surface area (Å²) in [6, 6.07) is 5.22. The second kappa shape index (κ2) is 5.48. The minimum absolute atomic E-state index is 0.0699. The van der Waals surface area contributed by atoms with Crippen molar-refractivity contribution in [3.63, 3.8) is 0 Å². The first-order valence-electron chi connectivity index (χ1n) is 5.87. The van der Waals surface area contributed by atoms with E-state index in [1.165, 1.54) is 0 Å². The first-order chi connectivity index (χ1) is 8.58. The van der Waals surface area contributed by atoms with Gasteiger partial charge in [-0.3, -0.25) is 4.79 Å². The Balaban J connectivity index is 2.15. The number of hydrogen-bond acceptors (Lipinski definition) is 3. The molecule has 1 atom stereocenters. The van der Waals surface area contributed by atoms with E-state index in [0.717, 1.165) is 0 Å². The zero-order chi connectivity index (χ0) is 13.1. The molecule has 98 valence electrons. The van der Waals surface area contributed by atoms with Gasteiger partial charge in [0.15, 0.2) is 11.5 Å². The number of amides is 1. The molecule has 4 nitrogen and oxygen atoms in total. The second-order valence-electron chi connectivity index (χ2n) is 4.32. The summed E-state index contributed by atoms with van der Waals surface area (Å²) in [4.78, 5) is 13.7. The third-order valence-electron chi connectivity index (χ3n) is 2.66. The zero-order valence-electron chi connectivity index (χ0n) is 10.5. The molecule has 0 fully saturated rings. The third-order valence-corrected chi connectivity index (χ3v) is 2.80. The van der Waals surface area contributed by atoms with Gasteiger partial charge >= 0.3 is 0 Å². The Morgan fingerprint density at radius 1 is 1.39 bits per heavy atom. The van der Waals surface area contributed by atoms with Gasteiger partial charge in [-0.2, -0.15) is 0 Å². The quantitative estimate of drug-likeness (QED) is 0.790. The Bertz CT molecular complexity index is 448. The number of rotatable bonds is 3. The first-order valence-corrected chi connectivity index (χ1v) is 6.31. The molecule has 0 spiro atoms. The van der Waals surface area contributed by atoms with E-state index in [1.54, 1.807) is 30.1 Å². The molecule has 18 heavy (non-hydrogen) atoms. The predicted molar refractivity (Wildman–Crippen MR) is 69.7 cm³/mol.